The molecule has 1 amide bonds. The zero-order chi connectivity index (χ0) is 17.7. The fourth-order valence-corrected chi connectivity index (χ4v) is 2.89. The second-order valence-electron chi connectivity index (χ2n) is 6.69. The molecule has 1 N–H and O–H groups in total. The van der Waals surface area contributed by atoms with E-state index >= 15 is 0 Å². The maximum absolute atomic E-state index is 13.2. The van der Waals surface area contributed by atoms with Crippen molar-refractivity contribution in [3.63, 3.8) is 0 Å². The number of carbonyl (C=O) groups is 1. The van der Waals surface area contributed by atoms with Crippen molar-refractivity contribution in [1.82, 2.24) is 4.98 Å². The molecule has 0 spiro atoms. The van der Waals surface area contributed by atoms with Crippen molar-refractivity contribution in [2.45, 2.75) is 40.7 Å². The van der Waals surface area contributed by atoms with Crippen LogP contribution in [-0.2, 0) is 11.3 Å². The summed E-state index contributed by atoms with van der Waals surface area (Å²) in [5.41, 5.74) is 0.959. The van der Waals surface area contributed by atoms with E-state index < -0.39 is 5.41 Å². The van der Waals surface area contributed by atoms with Crippen LogP contribution >= 0.6 is 11.3 Å². The largest absolute Gasteiger partial charge is 0.362 e. The third-order valence-corrected chi connectivity index (χ3v) is 4.27. The molecule has 130 valence electrons. The first-order chi connectivity index (χ1) is 11.3. The van der Waals surface area contributed by atoms with Gasteiger partial charge in [0.1, 0.15) is 5.82 Å². The van der Waals surface area contributed by atoms with E-state index in [1.165, 1.54) is 23.5 Å². The number of nitrogens with one attached hydrogen (secondary N) is 1. The van der Waals surface area contributed by atoms with Crippen molar-refractivity contribution < 1.29 is 9.18 Å². The molecule has 0 aliphatic heterocycles. The van der Waals surface area contributed by atoms with Gasteiger partial charge in [0.05, 0.1) is 12.2 Å². The molecule has 4 nitrogen and oxygen atoms in total. The number of hydrogen-bond donors (Lipinski definition) is 1. The van der Waals surface area contributed by atoms with Crippen LogP contribution in [0.5, 0.6) is 0 Å². The van der Waals surface area contributed by atoms with E-state index in [0.29, 0.717) is 12.2 Å². The lowest BCUT2D eigenvalue weighted by atomic mass is 9.94. The molecule has 0 saturated heterocycles. The lowest BCUT2D eigenvalue weighted by molar-refractivity contribution is -0.125. The molecule has 0 radical (unpaired) electrons. The zero-order valence-electron chi connectivity index (χ0n) is 14.6. The molecule has 6 heteroatoms. The molecule has 24 heavy (non-hydrogen) atoms. The Labute approximate surface area is 146 Å². The molecule has 0 unspecified atom stereocenters. The number of thiazole rings is 1. The van der Waals surface area contributed by atoms with Crippen molar-refractivity contribution in [2.24, 2.45) is 5.41 Å². The first kappa shape index (κ1) is 18.4. The van der Waals surface area contributed by atoms with Gasteiger partial charge in [0.15, 0.2) is 5.13 Å². The van der Waals surface area contributed by atoms with Crippen molar-refractivity contribution >= 4 is 28.1 Å². The Morgan fingerprint density at radius 3 is 2.54 bits per heavy atom. The Hall–Kier alpha value is -1.95. The van der Waals surface area contributed by atoms with Crippen LogP contribution in [-0.4, -0.2) is 17.4 Å². The molecular weight excluding hydrogens is 325 g/mol. The van der Waals surface area contributed by atoms with Crippen LogP contribution in [0, 0.1) is 11.2 Å². The monoisotopic (exact) mass is 349 g/mol. The topological polar surface area (TPSA) is 45.2 Å². The van der Waals surface area contributed by atoms with Gasteiger partial charge >= 0.3 is 0 Å². The van der Waals surface area contributed by atoms with Crippen molar-refractivity contribution in [2.75, 3.05) is 16.8 Å². The highest BCUT2D eigenvalue weighted by Gasteiger charge is 2.29. The molecule has 0 fully saturated rings. The highest BCUT2D eigenvalue weighted by atomic mass is 32.1. The third kappa shape index (κ3) is 4.77. The average Bonchev–Trinajstić information content (AvgIpc) is 2.97. The zero-order valence-corrected chi connectivity index (χ0v) is 15.4. The lowest BCUT2D eigenvalue weighted by Gasteiger charge is -2.29. The fraction of sp³-hybridized carbons (Fsp3) is 0.444. The smallest absolute Gasteiger partial charge is 0.232 e. The van der Waals surface area contributed by atoms with Gasteiger partial charge in [0.25, 0.3) is 0 Å². The molecule has 0 bridgehead atoms. The molecule has 0 saturated carbocycles. The highest BCUT2D eigenvalue weighted by Crippen LogP contribution is 2.26. The SMILES string of the molecule is CCCNc1nc(CN(C(=O)C(C)(C)C)c2ccc(F)cc2)cs1. The third-order valence-electron chi connectivity index (χ3n) is 3.42. The Balaban J connectivity index is 2.24. The van der Waals surface area contributed by atoms with E-state index in [9.17, 15) is 9.18 Å². The molecule has 2 rings (SSSR count). The van der Waals surface area contributed by atoms with Crippen LogP contribution in [0.15, 0.2) is 29.6 Å². The number of halogens is 1. The highest BCUT2D eigenvalue weighted by molar-refractivity contribution is 7.13. The normalized spacial score (nSPS) is 11.4. The quantitative estimate of drug-likeness (QED) is 0.823. The van der Waals surface area contributed by atoms with Gasteiger partial charge in [-0.2, -0.15) is 0 Å². The second kappa shape index (κ2) is 7.75. The van der Waals surface area contributed by atoms with E-state index in [1.807, 2.05) is 26.2 Å². The maximum atomic E-state index is 13.2. The summed E-state index contributed by atoms with van der Waals surface area (Å²) in [6, 6.07) is 5.99. The number of rotatable bonds is 6. The summed E-state index contributed by atoms with van der Waals surface area (Å²) in [4.78, 5) is 19.0. The Bertz CT molecular complexity index is 676. The predicted molar refractivity (Wildman–Crippen MR) is 97.9 cm³/mol. The van der Waals surface area contributed by atoms with E-state index in [0.717, 1.165) is 23.8 Å². The van der Waals surface area contributed by atoms with Gasteiger partial charge in [-0.25, -0.2) is 9.37 Å². The number of aromatic nitrogens is 1. The van der Waals surface area contributed by atoms with Crippen LogP contribution in [0.4, 0.5) is 15.2 Å². The summed E-state index contributed by atoms with van der Waals surface area (Å²) >= 11 is 1.53. The van der Waals surface area contributed by atoms with Gasteiger partial charge in [-0.05, 0) is 30.7 Å². The summed E-state index contributed by atoms with van der Waals surface area (Å²) in [6.07, 6.45) is 1.03. The summed E-state index contributed by atoms with van der Waals surface area (Å²) in [7, 11) is 0. The minimum atomic E-state index is -0.534. The summed E-state index contributed by atoms with van der Waals surface area (Å²) in [6.45, 7) is 8.96. The van der Waals surface area contributed by atoms with Crippen LogP contribution in [0.3, 0.4) is 0 Å². The fourth-order valence-electron chi connectivity index (χ4n) is 2.16. The minimum absolute atomic E-state index is 0.0230. The standard InChI is InChI=1S/C18H24FN3OS/c1-5-10-20-17-21-14(12-24-17)11-22(16(23)18(2,3)4)15-8-6-13(19)7-9-15/h6-9,12H,5,10-11H2,1-4H3,(H,20,21). The number of anilines is 2. The number of carbonyl (C=O) groups excluding carboxylic acids is 1. The van der Waals surface area contributed by atoms with Crippen LogP contribution in [0.2, 0.25) is 0 Å². The lowest BCUT2D eigenvalue weighted by Crippen LogP contribution is -2.39. The van der Waals surface area contributed by atoms with Gasteiger partial charge in [0.2, 0.25) is 5.91 Å². The maximum Gasteiger partial charge on any atom is 0.232 e. The molecular formula is C18H24FN3OS. The van der Waals surface area contributed by atoms with E-state index in [-0.39, 0.29) is 11.7 Å². The predicted octanol–water partition coefficient (Wildman–Crippen LogP) is 4.68. The van der Waals surface area contributed by atoms with E-state index in [1.54, 1.807) is 17.0 Å². The number of benzene rings is 1. The van der Waals surface area contributed by atoms with Crippen molar-refractivity contribution in [1.29, 1.82) is 0 Å². The van der Waals surface area contributed by atoms with Gasteiger partial charge < -0.3 is 10.2 Å². The van der Waals surface area contributed by atoms with E-state index in [2.05, 4.69) is 17.2 Å². The van der Waals surface area contributed by atoms with Crippen molar-refractivity contribution in [3.05, 3.63) is 41.2 Å². The molecule has 1 aromatic heterocycles. The number of hydrogen-bond acceptors (Lipinski definition) is 4. The first-order valence-corrected chi connectivity index (χ1v) is 8.95. The van der Waals surface area contributed by atoms with Gasteiger partial charge in [-0.3, -0.25) is 4.79 Å². The summed E-state index contributed by atoms with van der Waals surface area (Å²) in [5.74, 6) is -0.341. The minimum Gasteiger partial charge on any atom is -0.362 e. The number of nitrogens with zero attached hydrogens (tertiary/aromatic N) is 2. The molecule has 2 aromatic rings. The van der Waals surface area contributed by atoms with Crippen molar-refractivity contribution in [3.8, 4) is 0 Å². The molecule has 1 heterocycles. The van der Waals surface area contributed by atoms with Gasteiger partial charge in [-0.15, -0.1) is 11.3 Å². The van der Waals surface area contributed by atoms with Crippen LogP contribution in [0.1, 0.15) is 39.8 Å². The molecule has 0 atom stereocenters. The molecule has 0 aliphatic carbocycles. The average molecular weight is 349 g/mol. The number of amides is 1. The van der Waals surface area contributed by atoms with Gasteiger partial charge in [0, 0.05) is 23.0 Å². The molecule has 0 aliphatic rings. The van der Waals surface area contributed by atoms with E-state index in [4.69, 9.17) is 0 Å². The Kier molecular flexibility index (Phi) is 5.94. The Morgan fingerprint density at radius 2 is 1.96 bits per heavy atom. The summed E-state index contributed by atoms with van der Waals surface area (Å²) < 4.78 is 13.2. The van der Waals surface area contributed by atoms with Crippen LogP contribution in [0.25, 0.3) is 0 Å². The summed E-state index contributed by atoms with van der Waals surface area (Å²) in [5, 5.41) is 6.05. The van der Waals surface area contributed by atoms with Gasteiger partial charge in [-0.1, -0.05) is 27.7 Å². The molecule has 1 aromatic carbocycles. The first-order valence-electron chi connectivity index (χ1n) is 8.07. The Morgan fingerprint density at radius 1 is 1.29 bits per heavy atom. The second-order valence-corrected chi connectivity index (χ2v) is 7.55. The van der Waals surface area contributed by atoms with Crippen LogP contribution < -0.4 is 10.2 Å².